The Morgan fingerprint density at radius 3 is 2.57 bits per heavy atom. The molecule has 4 aromatic rings. The molecule has 0 aliphatic heterocycles. The fourth-order valence-electron chi connectivity index (χ4n) is 2.81. The molecule has 0 aliphatic rings. The number of carbonyl (C=O) groups is 2. The Labute approximate surface area is 167 Å². The fraction of sp³-hybridized carbons (Fsp3) is 0. The number of halogens is 2. The summed E-state index contributed by atoms with van der Waals surface area (Å²) in [6, 6.07) is 12.3. The number of fused-ring (bicyclic) bond motifs is 1. The van der Waals surface area contributed by atoms with E-state index in [1.54, 1.807) is 35.7 Å². The number of carboxylic acid groups (broad SMARTS) is 1. The van der Waals surface area contributed by atoms with Crippen molar-refractivity contribution >= 4 is 50.8 Å². The molecule has 0 fully saturated rings. The van der Waals surface area contributed by atoms with Gasteiger partial charge in [0.15, 0.2) is 5.76 Å². The lowest BCUT2D eigenvalue weighted by molar-refractivity contribution is 0.0699. The molecule has 1 amide bonds. The van der Waals surface area contributed by atoms with Gasteiger partial charge in [0, 0.05) is 22.0 Å². The zero-order valence-electron chi connectivity index (χ0n) is 14.0. The Balaban J connectivity index is 1.69. The van der Waals surface area contributed by atoms with E-state index in [1.807, 2.05) is 0 Å². The van der Waals surface area contributed by atoms with Crippen molar-refractivity contribution in [3.8, 4) is 11.1 Å². The van der Waals surface area contributed by atoms with Crippen molar-refractivity contribution in [3.05, 3.63) is 76.1 Å². The van der Waals surface area contributed by atoms with Crippen LogP contribution in [0.15, 0.2) is 58.3 Å². The maximum atomic E-state index is 13.8. The summed E-state index contributed by atoms with van der Waals surface area (Å²) < 4.78 is 19.2. The maximum Gasteiger partial charge on any atom is 0.339 e. The largest absolute Gasteiger partial charge is 0.478 e. The van der Waals surface area contributed by atoms with Crippen molar-refractivity contribution in [2.45, 2.75) is 0 Å². The minimum atomic E-state index is -1.18. The summed E-state index contributed by atoms with van der Waals surface area (Å²) in [5.41, 5.74) is 1.31. The first kappa shape index (κ1) is 18.2. The number of carboxylic acids is 1. The number of hydrogen-bond donors (Lipinski definition) is 2. The first-order valence-electron chi connectivity index (χ1n) is 8.04. The SMILES string of the molecule is O=C(Nc1scc(-c2ccc(Cl)cc2)c1C(=O)O)c1cc2c(F)cccc2o1. The fourth-order valence-corrected chi connectivity index (χ4v) is 3.89. The lowest BCUT2D eigenvalue weighted by atomic mass is 10.0. The van der Waals surface area contributed by atoms with Crippen LogP contribution in [0.3, 0.4) is 0 Å². The van der Waals surface area contributed by atoms with E-state index in [2.05, 4.69) is 5.32 Å². The predicted octanol–water partition coefficient (Wildman–Crippen LogP) is 5.90. The van der Waals surface area contributed by atoms with E-state index in [4.69, 9.17) is 16.0 Å². The number of nitrogens with one attached hydrogen (secondary N) is 1. The highest BCUT2D eigenvalue weighted by molar-refractivity contribution is 7.15. The lowest BCUT2D eigenvalue weighted by Gasteiger charge is -2.05. The smallest absolute Gasteiger partial charge is 0.339 e. The molecular weight excluding hydrogens is 405 g/mol. The van der Waals surface area contributed by atoms with Gasteiger partial charge >= 0.3 is 5.97 Å². The van der Waals surface area contributed by atoms with Crippen LogP contribution in [0, 0.1) is 5.82 Å². The maximum absolute atomic E-state index is 13.8. The first-order chi connectivity index (χ1) is 13.4. The normalized spacial score (nSPS) is 10.9. The van der Waals surface area contributed by atoms with E-state index in [1.165, 1.54) is 18.2 Å². The molecule has 5 nitrogen and oxygen atoms in total. The summed E-state index contributed by atoms with van der Waals surface area (Å²) in [6.45, 7) is 0. The molecule has 2 aromatic carbocycles. The molecule has 0 bridgehead atoms. The quantitative estimate of drug-likeness (QED) is 0.434. The second kappa shape index (κ2) is 7.10. The van der Waals surface area contributed by atoms with E-state index in [0.717, 1.165) is 11.3 Å². The molecule has 2 N–H and O–H groups in total. The van der Waals surface area contributed by atoms with E-state index in [0.29, 0.717) is 16.1 Å². The second-order valence-electron chi connectivity index (χ2n) is 5.88. The summed E-state index contributed by atoms with van der Waals surface area (Å²) in [4.78, 5) is 24.3. The molecule has 0 spiro atoms. The van der Waals surface area contributed by atoms with Crippen LogP contribution in [0.2, 0.25) is 5.02 Å². The Hall–Kier alpha value is -3.16. The average molecular weight is 416 g/mol. The number of thiophene rings is 1. The molecule has 0 aliphatic carbocycles. The molecule has 4 rings (SSSR count). The van der Waals surface area contributed by atoms with Gasteiger partial charge in [0.2, 0.25) is 0 Å². The number of carbonyl (C=O) groups excluding carboxylic acids is 1. The summed E-state index contributed by atoms with van der Waals surface area (Å²) >= 11 is 6.96. The van der Waals surface area contributed by atoms with Gasteiger partial charge < -0.3 is 14.8 Å². The van der Waals surface area contributed by atoms with Crippen molar-refractivity contribution in [2.75, 3.05) is 5.32 Å². The monoisotopic (exact) mass is 415 g/mol. The van der Waals surface area contributed by atoms with Crippen LogP contribution < -0.4 is 5.32 Å². The third-order valence-electron chi connectivity index (χ3n) is 4.12. The first-order valence-corrected chi connectivity index (χ1v) is 9.30. The van der Waals surface area contributed by atoms with E-state index in [-0.39, 0.29) is 27.3 Å². The van der Waals surface area contributed by atoms with Gasteiger partial charge in [-0.3, -0.25) is 4.79 Å². The summed E-state index contributed by atoms with van der Waals surface area (Å²) in [5.74, 6) is -2.47. The summed E-state index contributed by atoms with van der Waals surface area (Å²) in [5, 5.41) is 14.7. The molecule has 8 heteroatoms. The van der Waals surface area contributed by atoms with Gasteiger partial charge in [-0.1, -0.05) is 29.8 Å². The van der Waals surface area contributed by atoms with Crippen LogP contribution in [-0.4, -0.2) is 17.0 Å². The van der Waals surface area contributed by atoms with Crippen molar-refractivity contribution in [2.24, 2.45) is 0 Å². The Morgan fingerprint density at radius 2 is 1.89 bits per heavy atom. The van der Waals surface area contributed by atoms with Gasteiger partial charge in [-0.2, -0.15) is 0 Å². The van der Waals surface area contributed by atoms with Gasteiger partial charge in [0.1, 0.15) is 22.0 Å². The topological polar surface area (TPSA) is 79.5 Å². The Kier molecular flexibility index (Phi) is 4.62. The number of benzene rings is 2. The predicted molar refractivity (Wildman–Crippen MR) is 106 cm³/mol. The molecular formula is C20H11ClFNO4S. The number of hydrogen-bond acceptors (Lipinski definition) is 4. The zero-order chi connectivity index (χ0) is 19.8. The summed E-state index contributed by atoms with van der Waals surface area (Å²) in [6.07, 6.45) is 0. The highest BCUT2D eigenvalue weighted by Crippen LogP contribution is 2.36. The average Bonchev–Trinajstić information content (AvgIpc) is 3.27. The van der Waals surface area contributed by atoms with Gasteiger partial charge in [0.05, 0.1) is 5.39 Å². The molecule has 0 saturated carbocycles. The van der Waals surface area contributed by atoms with Crippen LogP contribution in [0.25, 0.3) is 22.1 Å². The van der Waals surface area contributed by atoms with E-state index < -0.39 is 17.7 Å². The van der Waals surface area contributed by atoms with Gasteiger partial charge in [0.25, 0.3) is 5.91 Å². The minimum Gasteiger partial charge on any atom is -0.478 e. The van der Waals surface area contributed by atoms with Gasteiger partial charge in [-0.05, 0) is 29.8 Å². The van der Waals surface area contributed by atoms with Gasteiger partial charge in [-0.25, -0.2) is 9.18 Å². The number of aromatic carboxylic acids is 1. The van der Waals surface area contributed by atoms with Crippen LogP contribution in [-0.2, 0) is 0 Å². The molecule has 0 atom stereocenters. The molecule has 2 aromatic heterocycles. The number of rotatable bonds is 4. The number of furan rings is 1. The van der Waals surface area contributed by atoms with Crippen LogP contribution in [0.5, 0.6) is 0 Å². The van der Waals surface area contributed by atoms with Crippen LogP contribution >= 0.6 is 22.9 Å². The number of anilines is 1. The van der Waals surface area contributed by atoms with Crippen molar-refractivity contribution in [1.82, 2.24) is 0 Å². The molecule has 140 valence electrons. The zero-order valence-corrected chi connectivity index (χ0v) is 15.6. The number of amides is 1. The molecule has 0 unspecified atom stereocenters. The lowest BCUT2D eigenvalue weighted by Crippen LogP contribution is -2.12. The van der Waals surface area contributed by atoms with Crippen LogP contribution in [0.1, 0.15) is 20.9 Å². The third kappa shape index (κ3) is 3.26. The third-order valence-corrected chi connectivity index (χ3v) is 5.27. The minimum absolute atomic E-state index is 0.0389. The standard InChI is InChI=1S/C20H11ClFNO4S/c21-11-6-4-10(5-7-11)13-9-28-19(17(13)20(25)26)23-18(24)16-8-12-14(22)2-1-3-15(12)27-16/h1-9H,(H,23,24)(H,25,26). The Bertz CT molecular complexity index is 1210. The van der Waals surface area contributed by atoms with Crippen molar-refractivity contribution < 1.29 is 23.5 Å². The molecule has 0 saturated heterocycles. The highest BCUT2D eigenvalue weighted by atomic mass is 35.5. The Morgan fingerprint density at radius 1 is 1.14 bits per heavy atom. The molecule has 2 heterocycles. The highest BCUT2D eigenvalue weighted by Gasteiger charge is 2.23. The van der Waals surface area contributed by atoms with Crippen LogP contribution in [0.4, 0.5) is 9.39 Å². The van der Waals surface area contributed by atoms with E-state index >= 15 is 0 Å². The summed E-state index contributed by atoms with van der Waals surface area (Å²) in [7, 11) is 0. The van der Waals surface area contributed by atoms with Crippen molar-refractivity contribution in [3.63, 3.8) is 0 Å². The molecule has 0 radical (unpaired) electrons. The van der Waals surface area contributed by atoms with E-state index in [9.17, 15) is 19.1 Å². The second-order valence-corrected chi connectivity index (χ2v) is 7.20. The molecule has 28 heavy (non-hydrogen) atoms. The van der Waals surface area contributed by atoms with Crippen molar-refractivity contribution in [1.29, 1.82) is 0 Å². The van der Waals surface area contributed by atoms with Gasteiger partial charge in [-0.15, -0.1) is 11.3 Å².